The van der Waals surface area contributed by atoms with Crippen molar-refractivity contribution in [2.75, 3.05) is 24.6 Å². The molecular weight excluding hydrogens is 382 g/mol. The van der Waals surface area contributed by atoms with Crippen LogP contribution in [0.5, 0.6) is 0 Å². The molecule has 152 valence electrons. The minimum absolute atomic E-state index is 0.156. The maximum absolute atomic E-state index is 14.0. The van der Waals surface area contributed by atoms with Gasteiger partial charge in [0.1, 0.15) is 0 Å². The van der Waals surface area contributed by atoms with E-state index in [-0.39, 0.29) is 6.10 Å². The lowest BCUT2D eigenvalue weighted by molar-refractivity contribution is 0.0951. The summed E-state index contributed by atoms with van der Waals surface area (Å²) in [6.07, 6.45) is 4.54. The Bertz CT molecular complexity index is 801. The second kappa shape index (κ2) is 8.78. The average molecular weight is 409 g/mol. The van der Waals surface area contributed by atoms with Crippen LogP contribution >= 0.6 is 11.8 Å². The van der Waals surface area contributed by atoms with E-state index in [4.69, 9.17) is 4.74 Å². The van der Waals surface area contributed by atoms with E-state index in [1.165, 1.54) is 17.8 Å². The average Bonchev–Trinajstić information content (AvgIpc) is 3.34. The summed E-state index contributed by atoms with van der Waals surface area (Å²) in [6, 6.07) is 4.28. The number of aromatic nitrogens is 3. The molecule has 0 N–H and O–H groups in total. The molecule has 1 unspecified atom stereocenters. The van der Waals surface area contributed by atoms with Crippen LogP contribution < -0.4 is 4.90 Å². The van der Waals surface area contributed by atoms with E-state index in [0.717, 1.165) is 68.5 Å². The van der Waals surface area contributed by atoms with Crippen molar-refractivity contribution in [1.82, 2.24) is 14.8 Å². The molecule has 3 heterocycles. The predicted octanol–water partition coefficient (Wildman–Crippen LogP) is 4.26. The largest absolute Gasteiger partial charge is 0.376 e. The summed E-state index contributed by atoms with van der Waals surface area (Å²) in [4.78, 5) is 2.29. The highest BCUT2D eigenvalue weighted by molar-refractivity contribution is 7.98. The van der Waals surface area contributed by atoms with E-state index in [0.29, 0.717) is 17.9 Å². The summed E-state index contributed by atoms with van der Waals surface area (Å²) in [6.45, 7) is 5.70. The summed E-state index contributed by atoms with van der Waals surface area (Å²) in [5, 5.41) is 9.57. The van der Waals surface area contributed by atoms with Crippen molar-refractivity contribution >= 4 is 17.7 Å². The minimum Gasteiger partial charge on any atom is -0.376 e. The second-order valence-electron chi connectivity index (χ2n) is 7.70. The highest BCUT2D eigenvalue weighted by Gasteiger charge is 2.26. The molecule has 1 atom stereocenters. The maximum atomic E-state index is 14.0. The van der Waals surface area contributed by atoms with E-state index in [1.54, 1.807) is 6.07 Å². The normalized spacial score (nSPS) is 20.8. The van der Waals surface area contributed by atoms with Gasteiger partial charge >= 0.3 is 0 Å². The molecule has 0 amide bonds. The molecule has 4 rings (SSSR count). The molecule has 0 radical (unpaired) electrons. The van der Waals surface area contributed by atoms with Gasteiger partial charge in [-0.25, -0.2) is 8.78 Å². The molecule has 0 spiro atoms. The van der Waals surface area contributed by atoms with Gasteiger partial charge in [-0.3, -0.25) is 4.57 Å². The van der Waals surface area contributed by atoms with Gasteiger partial charge in [-0.2, -0.15) is 0 Å². The molecule has 0 aliphatic carbocycles. The van der Waals surface area contributed by atoms with Gasteiger partial charge in [-0.1, -0.05) is 30.8 Å². The monoisotopic (exact) mass is 408 g/mol. The number of piperidine rings is 1. The fourth-order valence-corrected chi connectivity index (χ4v) is 4.70. The van der Waals surface area contributed by atoms with Crippen molar-refractivity contribution in [3.8, 4) is 0 Å². The first-order chi connectivity index (χ1) is 13.6. The number of ether oxygens (including phenoxy) is 1. The number of hydrogen-bond acceptors (Lipinski definition) is 5. The molecule has 2 aromatic rings. The van der Waals surface area contributed by atoms with Gasteiger partial charge in [0.15, 0.2) is 16.8 Å². The van der Waals surface area contributed by atoms with Crippen LogP contribution in [0.15, 0.2) is 23.4 Å². The van der Waals surface area contributed by atoms with Crippen LogP contribution in [-0.4, -0.2) is 40.6 Å². The fraction of sp³-hybridized carbons (Fsp3) is 0.600. The molecule has 5 nitrogen and oxygen atoms in total. The van der Waals surface area contributed by atoms with Gasteiger partial charge in [0.2, 0.25) is 5.95 Å². The Hall–Kier alpha value is -1.67. The Morgan fingerprint density at radius 2 is 2.00 bits per heavy atom. The van der Waals surface area contributed by atoms with Crippen LogP contribution in [0.2, 0.25) is 0 Å². The van der Waals surface area contributed by atoms with Gasteiger partial charge in [-0.15, -0.1) is 10.2 Å². The van der Waals surface area contributed by atoms with E-state index in [9.17, 15) is 8.78 Å². The molecule has 1 aromatic carbocycles. The molecule has 2 saturated heterocycles. The van der Waals surface area contributed by atoms with E-state index in [2.05, 4.69) is 26.6 Å². The number of benzene rings is 1. The Morgan fingerprint density at radius 1 is 1.18 bits per heavy atom. The van der Waals surface area contributed by atoms with Crippen molar-refractivity contribution < 1.29 is 13.5 Å². The van der Waals surface area contributed by atoms with Crippen molar-refractivity contribution in [3.05, 3.63) is 35.4 Å². The molecule has 1 aromatic heterocycles. The summed E-state index contributed by atoms with van der Waals surface area (Å²) in [7, 11) is 0. The van der Waals surface area contributed by atoms with Crippen molar-refractivity contribution in [2.24, 2.45) is 5.92 Å². The molecule has 2 fully saturated rings. The number of thioether (sulfide) groups is 1. The smallest absolute Gasteiger partial charge is 0.228 e. The summed E-state index contributed by atoms with van der Waals surface area (Å²) >= 11 is 1.39. The topological polar surface area (TPSA) is 43.2 Å². The molecule has 8 heteroatoms. The van der Waals surface area contributed by atoms with Crippen molar-refractivity contribution in [2.45, 2.75) is 56.2 Å². The van der Waals surface area contributed by atoms with Crippen LogP contribution in [-0.2, 0) is 17.0 Å². The Labute approximate surface area is 168 Å². The van der Waals surface area contributed by atoms with Gasteiger partial charge in [0.05, 0.1) is 12.6 Å². The minimum atomic E-state index is -0.818. The van der Waals surface area contributed by atoms with Crippen LogP contribution in [0, 0.1) is 17.6 Å². The van der Waals surface area contributed by atoms with E-state index < -0.39 is 11.6 Å². The zero-order chi connectivity index (χ0) is 19.5. The van der Waals surface area contributed by atoms with Gasteiger partial charge in [0.25, 0.3) is 0 Å². The number of nitrogens with zero attached hydrogens (tertiary/aromatic N) is 4. The van der Waals surface area contributed by atoms with Gasteiger partial charge in [-0.05, 0) is 37.7 Å². The summed E-state index contributed by atoms with van der Waals surface area (Å²) in [5.41, 5.74) is 0.338. The third-order valence-corrected chi connectivity index (χ3v) is 6.58. The fourth-order valence-electron chi connectivity index (χ4n) is 3.78. The predicted molar refractivity (Wildman–Crippen MR) is 106 cm³/mol. The van der Waals surface area contributed by atoms with Gasteiger partial charge in [0, 0.05) is 31.0 Å². The molecule has 2 aliphatic heterocycles. The SMILES string of the molecule is CC1CCN(c2nnc(SCc3cccc(F)c3F)n2CC2CCCO2)CC1. The lowest BCUT2D eigenvalue weighted by Crippen LogP contribution is -2.35. The maximum Gasteiger partial charge on any atom is 0.228 e. The van der Waals surface area contributed by atoms with Crippen LogP contribution in [0.25, 0.3) is 0 Å². The first-order valence-corrected chi connectivity index (χ1v) is 11.0. The standard InChI is InChI=1S/C20H26F2N4OS/c1-14-7-9-25(10-8-14)19-23-24-20(26(19)12-16-5-3-11-27-16)28-13-15-4-2-6-17(21)18(15)22/h2,4,6,14,16H,3,5,7-13H2,1H3. The van der Waals surface area contributed by atoms with Crippen LogP contribution in [0.4, 0.5) is 14.7 Å². The molecule has 28 heavy (non-hydrogen) atoms. The van der Waals surface area contributed by atoms with Gasteiger partial charge < -0.3 is 9.64 Å². The molecular formula is C20H26F2N4OS. The van der Waals surface area contributed by atoms with Crippen LogP contribution in [0.1, 0.15) is 38.2 Å². The van der Waals surface area contributed by atoms with Crippen LogP contribution in [0.3, 0.4) is 0 Å². The highest BCUT2D eigenvalue weighted by atomic mass is 32.2. The zero-order valence-electron chi connectivity index (χ0n) is 16.1. The number of rotatable bonds is 6. The number of halogens is 2. The summed E-state index contributed by atoms with van der Waals surface area (Å²) in [5.74, 6) is 0.303. The Balaban J connectivity index is 1.54. The molecule has 0 bridgehead atoms. The third-order valence-electron chi connectivity index (χ3n) is 5.56. The molecule has 0 saturated carbocycles. The van der Waals surface area contributed by atoms with E-state index >= 15 is 0 Å². The zero-order valence-corrected chi connectivity index (χ0v) is 16.9. The third kappa shape index (κ3) is 4.33. The highest BCUT2D eigenvalue weighted by Crippen LogP contribution is 2.30. The number of hydrogen-bond donors (Lipinski definition) is 0. The first-order valence-electron chi connectivity index (χ1n) is 9.97. The molecule has 2 aliphatic rings. The Morgan fingerprint density at radius 3 is 2.75 bits per heavy atom. The van der Waals surface area contributed by atoms with E-state index in [1.807, 2.05) is 0 Å². The quantitative estimate of drug-likeness (QED) is 0.668. The van der Waals surface area contributed by atoms with Crippen molar-refractivity contribution in [1.29, 1.82) is 0 Å². The summed E-state index contributed by atoms with van der Waals surface area (Å²) < 4.78 is 35.4. The first kappa shape index (κ1) is 19.6. The second-order valence-corrected chi connectivity index (χ2v) is 8.64. The lowest BCUT2D eigenvalue weighted by Gasteiger charge is -2.31. The Kier molecular flexibility index (Phi) is 6.16. The lowest BCUT2D eigenvalue weighted by atomic mass is 10.00. The number of anilines is 1. The van der Waals surface area contributed by atoms with Crippen molar-refractivity contribution in [3.63, 3.8) is 0 Å².